The molecule has 0 aromatic carbocycles. The van der Waals surface area contributed by atoms with E-state index in [-0.39, 0.29) is 0 Å². The average molecular weight is 151 g/mol. The van der Waals surface area contributed by atoms with Crippen LogP contribution in [-0.4, -0.2) is 24.0 Å². The Morgan fingerprint density at radius 2 is 2.09 bits per heavy atom. The lowest BCUT2D eigenvalue weighted by atomic mass is 9.91. The molecule has 0 N–H and O–H groups in total. The molecule has 0 spiro atoms. The molecule has 2 heterocycles. The Hall–Kier alpha value is -0.0400. The summed E-state index contributed by atoms with van der Waals surface area (Å²) in [5, 5.41) is 0. The molecule has 2 aliphatic heterocycles. The minimum atomic E-state index is 1.02. The average Bonchev–Trinajstić information content (AvgIpc) is 2.58. The fourth-order valence-electron chi connectivity index (χ4n) is 3.57. The van der Waals surface area contributed by atoms with Crippen molar-refractivity contribution in [3.63, 3.8) is 0 Å². The van der Waals surface area contributed by atoms with Gasteiger partial charge in [-0.15, -0.1) is 0 Å². The van der Waals surface area contributed by atoms with Crippen molar-refractivity contribution in [2.45, 2.75) is 38.1 Å². The maximum Gasteiger partial charge on any atom is 0.0124 e. The molecule has 0 aromatic rings. The number of piperidine rings is 1. The van der Waals surface area contributed by atoms with Gasteiger partial charge in [-0.3, -0.25) is 4.90 Å². The van der Waals surface area contributed by atoms with E-state index in [0.29, 0.717) is 0 Å². The van der Waals surface area contributed by atoms with Crippen molar-refractivity contribution in [2.24, 2.45) is 11.8 Å². The molecular formula is C10H17N. The Kier molecular flexibility index (Phi) is 1.31. The topological polar surface area (TPSA) is 3.24 Å². The van der Waals surface area contributed by atoms with Crippen molar-refractivity contribution in [3.8, 4) is 0 Å². The van der Waals surface area contributed by atoms with Crippen LogP contribution in [0.5, 0.6) is 0 Å². The van der Waals surface area contributed by atoms with E-state index in [1.807, 2.05) is 0 Å². The monoisotopic (exact) mass is 151 g/mol. The van der Waals surface area contributed by atoms with Gasteiger partial charge >= 0.3 is 0 Å². The fourth-order valence-corrected chi connectivity index (χ4v) is 3.57. The maximum atomic E-state index is 2.77. The number of fused-ring (bicyclic) bond motifs is 4. The summed E-state index contributed by atoms with van der Waals surface area (Å²) in [6.45, 7) is 2.86. The smallest absolute Gasteiger partial charge is 0.0124 e. The van der Waals surface area contributed by atoms with Crippen LogP contribution in [0.2, 0.25) is 0 Å². The SMILES string of the molecule is C1CC2C3CCC(C3)CN2C1. The summed E-state index contributed by atoms with van der Waals surface area (Å²) < 4.78 is 0. The Balaban J connectivity index is 1.85. The molecule has 62 valence electrons. The predicted molar refractivity (Wildman–Crippen MR) is 45.4 cm³/mol. The molecule has 3 fully saturated rings. The summed E-state index contributed by atoms with van der Waals surface area (Å²) >= 11 is 0. The van der Waals surface area contributed by atoms with Crippen molar-refractivity contribution in [1.82, 2.24) is 4.90 Å². The molecular weight excluding hydrogens is 134 g/mol. The van der Waals surface area contributed by atoms with E-state index in [2.05, 4.69) is 4.90 Å². The van der Waals surface area contributed by atoms with E-state index >= 15 is 0 Å². The second-order valence-electron chi connectivity index (χ2n) is 4.64. The standard InChI is InChI=1S/C10H17N/c1-2-10-9-4-3-8(6-9)7-11(10)5-1/h8-10H,1-7H2. The van der Waals surface area contributed by atoms with Crippen LogP contribution in [0.25, 0.3) is 0 Å². The molecule has 3 unspecified atom stereocenters. The maximum absolute atomic E-state index is 2.77. The van der Waals surface area contributed by atoms with E-state index < -0.39 is 0 Å². The van der Waals surface area contributed by atoms with Crippen LogP contribution in [0.1, 0.15) is 32.1 Å². The summed E-state index contributed by atoms with van der Waals surface area (Å²) in [6, 6.07) is 1.02. The van der Waals surface area contributed by atoms with Crippen LogP contribution in [0, 0.1) is 11.8 Å². The van der Waals surface area contributed by atoms with Crippen LogP contribution in [-0.2, 0) is 0 Å². The van der Waals surface area contributed by atoms with E-state index in [0.717, 1.165) is 17.9 Å². The summed E-state index contributed by atoms with van der Waals surface area (Å²) in [5.41, 5.74) is 0. The second kappa shape index (κ2) is 2.22. The molecule has 0 amide bonds. The molecule has 3 rings (SSSR count). The lowest BCUT2D eigenvalue weighted by Gasteiger charge is -2.34. The lowest BCUT2D eigenvalue weighted by molar-refractivity contribution is 0.132. The molecule has 3 atom stereocenters. The molecule has 2 saturated heterocycles. The van der Waals surface area contributed by atoms with Gasteiger partial charge in [0.2, 0.25) is 0 Å². The highest BCUT2D eigenvalue weighted by atomic mass is 15.2. The largest absolute Gasteiger partial charge is 0.300 e. The first-order valence-corrected chi connectivity index (χ1v) is 5.17. The Labute approximate surface area is 68.8 Å². The van der Waals surface area contributed by atoms with Crippen molar-refractivity contribution in [3.05, 3.63) is 0 Å². The van der Waals surface area contributed by atoms with E-state index in [1.165, 1.54) is 32.4 Å². The van der Waals surface area contributed by atoms with Crippen molar-refractivity contribution in [2.75, 3.05) is 13.1 Å². The van der Waals surface area contributed by atoms with Gasteiger partial charge in [-0.25, -0.2) is 0 Å². The van der Waals surface area contributed by atoms with Gasteiger partial charge in [0.25, 0.3) is 0 Å². The highest BCUT2D eigenvalue weighted by Gasteiger charge is 2.41. The Morgan fingerprint density at radius 1 is 1.09 bits per heavy atom. The first-order valence-electron chi connectivity index (χ1n) is 5.17. The molecule has 2 bridgehead atoms. The third-order valence-electron chi connectivity index (χ3n) is 4.03. The van der Waals surface area contributed by atoms with E-state index in [9.17, 15) is 0 Å². The zero-order valence-electron chi connectivity index (χ0n) is 7.13. The second-order valence-corrected chi connectivity index (χ2v) is 4.64. The van der Waals surface area contributed by atoms with Crippen LogP contribution in [0.4, 0.5) is 0 Å². The Bertz CT molecular complexity index is 164. The molecule has 1 saturated carbocycles. The van der Waals surface area contributed by atoms with Crippen LogP contribution >= 0.6 is 0 Å². The normalized spacial score (nSPS) is 49.6. The highest BCUT2D eigenvalue weighted by molar-refractivity contribution is 4.95. The summed E-state index contributed by atoms with van der Waals surface area (Å²) in [5.74, 6) is 2.20. The highest BCUT2D eigenvalue weighted by Crippen LogP contribution is 2.43. The third kappa shape index (κ3) is 0.868. The molecule has 3 aliphatic rings. The van der Waals surface area contributed by atoms with Crippen LogP contribution in [0.15, 0.2) is 0 Å². The van der Waals surface area contributed by atoms with Gasteiger partial charge in [0.1, 0.15) is 0 Å². The van der Waals surface area contributed by atoms with Gasteiger partial charge in [0.05, 0.1) is 0 Å². The zero-order chi connectivity index (χ0) is 7.26. The number of hydrogen-bond donors (Lipinski definition) is 0. The van der Waals surface area contributed by atoms with Gasteiger partial charge in [0, 0.05) is 12.6 Å². The number of rotatable bonds is 0. The quantitative estimate of drug-likeness (QED) is 0.511. The molecule has 0 radical (unpaired) electrons. The number of nitrogens with zero attached hydrogens (tertiary/aromatic N) is 1. The van der Waals surface area contributed by atoms with E-state index in [4.69, 9.17) is 0 Å². The van der Waals surface area contributed by atoms with Gasteiger partial charge in [-0.1, -0.05) is 0 Å². The van der Waals surface area contributed by atoms with Crippen LogP contribution in [0.3, 0.4) is 0 Å². The molecule has 1 heteroatoms. The number of hydrogen-bond acceptors (Lipinski definition) is 1. The molecule has 11 heavy (non-hydrogen) atoms. The van der Waals surface area contributed by atoms with Gasteiger partial charge in [-0.05, 0) is 50.5 Å². The zero-order valence-corrected chi connectivity index (χ0v) is 7.13. The molecule has 1 nitrogen and oxygen atoms in total. The first-order chi connectivity index (χ1) is 5.43. The minimum absolute atomic E-state index is 1.02. The summed E-state index contributed by atoms with van der Waals surface area (Å²) in [6.07, 6.45) is 7.65. The minimum Gasteiger partial charge on any atom is -0.300 e. The summed E-state index contributed by atoms with van der Waals surface area (Å²) in [7, 11) is 0. The van der Waals surface area contributed by atoms with Gasteiger partial charge in [-0.2, -0.15) is 0 Å². The van der Waals surface area contributed by atoms with Gasteiger partial charge in [0.15, 0.2) is 0 Å². The van der Waals surface area contributed by atoms with Gasteiger partial charge < -0.3 is 0 Å². The predicted octanol–water partition coefficient (Wildman–Crippen LogP) is 1.88. The van der Waals surface area contributed by atoms with Crippen molar-refractivity contribution < 1.29 is 0 Å². The van der Waals surface area contributed by atoms with E-state index in [1.54, 1.807) is 12.8 Å². The van der Waals surface area contributed by atoms with Crippen molar-refractivity contribution in [1.29, 1.82) is 0 Å². The summed E-state index contributed by atoms with van der Waals surface area (Å²) in [4.78, 5) is 2.77. The third-order valence-corrected chi connectivity index (χ3v) is 4.03. The first kappa shape index (κ1) is 6.47. The van der Waals surface area contributed by atoms with Crippen LogP contribution < -0.4 is 0 Å². The fraction of sp³-hybridized carbons (Fsp3) is 1.00. The Morgan fingerprint density at radius 3 is 3.09 bits per heavy atom. The molecule has 0 aromatic heterocycles. The van der Waals surface area contributed by atoms with Crippen molar-refractivity contribution >= 4 is 0 Å². The lowest BCUT2D eigenvalue weighted by Crippen LogP contribution is -2.40. The molecule has 1 aliphatic carbocycles.